The Kier molecular flexibility index (Phi) is 4.58. The van der Waals surface area contributed by atoms with E-state index in [1.54, 1.807) is 0 Å². The standard InChI is InChI=1S/C12H23NO2/c1-9(2)11-6-5-7-13(11)8-12(14)15-10(3)4/h9-11H,5-8H2,1-4H3. The van der Waals surface area contributed by atoms with Crippen LogP contribution >= 0.6 is 0 Å². The normalized spacial score (nSPS) is 22.7. The summed E-state index contributed by atoms with van der Waals surface area (Å²) in [6, 6.07) is 0.560. The van der Waals surface area contributed by atoms with E-state index < -0.39 is 0 Å². The first kappa shape index (κ1) is 12.5. The molecule has 0 saturated carbocycles. The third kappa shape index (κ3) is 3.82. The zero-order chi connectivity index (χ0) is 11.4. The Morgan fingerprint density at radius 1 is 1.40 bits per heavy atom. The summed E-state index contributed by atoms with van der Waals surface area (Å²) in [7, 11) is 0. The number of nitrogens with zero attached hydrogens (tertiary/aromatic N) is 1. The molecule has 0 aliphatic carbocycles. The molecule has 1 aliphatic rings. The number of esters is 1. The molecule has 0 bridgehead atoms. The van der Waals surface area contributed by atoms with E-state index in [1.807, 2.05) is 13.8 Å². The molecule has 1 saturated heterocycles. The summed E-state index contributed by atoms with van der Waals surface area (Å²) in [6.07, 6.45) is 2.42. The third-order valence-electron chi connectivity index (χ3n) is 2.88. The molecule has 15 heavy (non-hydrogen) atoms. The second-order valence-electron chi connectivity index (χ2n) is 4.96. The van der Waals surface area contributed by atoms with Crippen molar-refractivity contribution in [2.75, 3.05) is 13.1 Å². The lowest BCUT2D eigenvalue weighted by molar-refractivity contribution is -0.149. The predicted octanol–water partition coefficient (Wildman–Crippen LogP) is 2.06. The average molecular weight is 213 g/mol. The summed E-state index contributed by atoms with van der Waals surface area (Å²) in [5.74, 6) is 0.539. The van der Waals surface area contributed by atoms with Gasteiger partial charge in [0.25, 0.3) is 0 Å². The minimum absolute atomic E-state index is 0.00222. The van der Waals surface area contributed by atoms with Crippen LogP contribution < -0.4 is 0 Å². The quantitative estimate of drug-likeness (QED) is 0.669. The second-order valence-corrected chi connectivity index (χ2v) is 4.96. The van der Waals surface area contributed by atoms with Crippen molar-refractivity contribution in [1.29, 1.82) is 0 Å². The molecule has 1 heterocycles. The van der Waals surface area contributed by atoms with Gasteiger partial charge in [-0.25, -0.2) is 0 Å². The third-order valence-corrected chi connectivity index (χ3v) is 2.88. The molecule has 0 aromatic heterocycles. The smallest absolute Gasteiger partial charge is 0.320 e. The first-order chi connectivity index (χ1) is 7.00. The SMILES string of the molecule is CC(C)OC(=O)CN1CCCC1C(C)C. The van der Waals surface area contributed by atoms with Crippen LogP contribution in [0.5, 0.6) is 0 Å². The minimum Gasteiger partial charge on any atom is -0.462 e. The Hall–Kier alpha value is -0.570. The highest BCUT2D eigenvalue weighted by atomic mass is 16.5. The highest BCUT2D eigenvalue weighted by molar-refractivity contribution is 5.71. The monoisotopic (exact) mass is 213 g/mol. The van der Waals surface area contributed by atoms with Crippen LogP contribution in [0.25, 0.3) is 0 Å². The lowest BCUT2D eigenvalue weighted by Gasteiger charge is -2.26. The summed E-state index contributed by atoms with van der Waals surface area (Å²) in [5.41, 5.74) is 0. The highest BCUT2D eigenvalue weighted by Gasteiger charge is 2.28. The Labute approximate surface area is 92.8 Å². The molecule has 0 radical (unpaired) electrons. The maximum absolute atomic E-state index is 11.5. The molecule has 0 aromatic carbocycles. The minimum atomic E-state index is -0.0856. The summed E-state index contributed by atoms with van der Waals surface area (Å²) in [6.45, 7) is 9.72. The Morgan fingerprint density at radius 2 is 2.07 bits per heavy atom. The Bertz CT molecular complexity index is 214. The van der Waals surface area contributed by atoms with Crippen molar-refractivity contribution in [2.24, 2.45) is 5.92 Å². The number of ether oxygens (including phenoxy) is 1. The van der Waals surface area contributed by atoms with Crippen LogP contribution in [0.1, 0.15) is 40.5 Å². The zero-order valence-corrected chi connectivity index (χ0v) is 10.3. The van der Waals surface area contributed by atoms with Crippen LogP contribution in [0, 0.1) is 5.92 Å². The molecule has 0 spiro atoms. The van der Waals surface area contributed by atoms with E-state index >= 15 is 0 Å². The summed E-state index contributed by atoms with van der Waals surface area (Å²) < 4.78 is 5.16. The fourth-order valence-corrected chi connectivity index (χ4v) is 2.27. The molecule has 1 aliphatic heterocycles. The van der Waals surface area contributed by atoms with Gasteiger partial charge in [-0.1, -0.05) is 13.8 Å². The Morgan fingerprint density at radius 3 is 2.60 bits per heavy atom. The van der Waals surface area contributed by atoms with Gasteiger partial charge in [-0.15, -0.1) is 0 Å². The number of likely N-dealkylation sites (tertiary alicyclic amines) is 1. The molecule has 0 aromatic rings. The van der Waals surface area contributed by atoms with Gasteiger partial charge in [-0.05, 0) is 39.2 Å². The van der Waals surface area contributed by atoms with Crippen molar-refractivity contribution in [3.63, 3.8) is 0 Å². The van der Waals surface area contributed by atoms with Crippen molar-refractivity contribution >= 4 is 5.97 Å². The maximum Gasteiger partial charge on any atom is 0.320 e. The van der Waals surface area contributed by atoms with E-state index in [1.165, 1.54) is 12.8 Å². The van der Waals surface area contributed by atoms with Gasteiger partial charge in [0, 0.05) is 6.04 Å². The first-order valence-corrected chi connectivity index (χ1v) is 5.94. The zero-order valence-electron chi connectivity index (χ0n) is 10.3. The molecule has 3 heteroatoms. The topological polar surface area (TPSA) is 29.5 Å². The number of rotatable bonds is 4. The van der Waals surface area contributed by atoms with Gasteiger partial charge in [0.05, 0.1) is 12.6 Å². The molecule has 0 amide bonds. The van der Waals surface area contributed by atoms with Crippen molar-refractivity contribution in [2.45, 2.75) is 52.7 Å². The van der Waals surface area contributed by atoms with Crippen LogP contribution in [-0.4, -0.2) is 36.1 Å². The van der Waals surface area contributed by atoms with Crippen molar-refractivity contribution in [3.8, 4) is 0 Å². The lowest BCUT2D eigenvalue weighted by atomic mass is 10.0. The lowest BCUT2D eigenvalue weighted by Crippen LogP contribution is -2.38. The first-order valence-electron chi connectivity index (χ1n) is 5.94. The van der Waals surface area contributed by atoms with E-state index in [2.05, 4.69) is 18.7 Å². The predicted molar refractivity (Wildman–Crippen MR) is 60.7 cm³/mol. The molecule has 3 nitrogen and oxygen atoms in total. The van der Waals surface area contributed by atoms with Crippen LogP contribution in [0.15, 0.2) is 0 Å². The van der Waals surface area contributed by atoms with Crippen molar-refractivity contribution in [3.05, 3.63) is 0 Å². The number of carbonyl (C=O) groups is 1. The number of hydrogen-bond donors (Lipinski definition) is 0. The largest absolute Gasteiger partial charge is 0.462 e. The number of hydrogen-bond acceptors (Lipinski definition) is 3. The van der Waals surface area contributed by atoms with E-state index in [0.717, 1.165) is 6.54 Å². The molecule has 88 valence electrons. The van der Waals surface area contributed by atoms with E-state index in [4.69, 9.17) is 4.74 Å². The molecule has 0 N–H and O–H groups in total. The molecule has 1 rings (SSSR count). The van der Waals surface area contributed by atoms with Gasteiger partial charge >= 0.3 is 5.97 Å². The molecule has 1 unspecified atom stereocenters. The van der Waals surface area contributed by atoms with Gasteiger partial charge < -0.3 is 4.74 Å². The van der Waals surface area contributed by atoms with E-state index in [9.17, 15) is 4.79 Å². The molecule has 1 fully saturated rings. The maximum atomic E-state index is 11.5. The molecular formula is C12H23NO2. The fourth-order valence-electron chi connectivity index (χ4n) is 2.27. The van der Waals surface area contributed by atoms with Crippen molar-refractivity contribution in [1.82, 2.24) is 4.90 Å². The van der Waals surface area contributed by atoms with Crippen LogP contribution in [-0.2, 0) is 9.53 Å². The van der Waals surface area contributed by atoms with Gasteiger partial charge in [-0.2, -0.15) is 0 Å². The molecular weight excluding hydrogens is 190 g/mol. The highest BCUT2D eigenvalue weighted by Crippen LogP contribution is 2.23. The van der Waals surface area contributed by atoms with Crippen molar-refractivity contribution < 1.29 is 9.53 Å². The van der Waals surface area contributed by atoms with Crippen LogP contribution in [0.4, 0.5) is 0 Å². The fraction of sp³-hybridized carbons (Fsp3) is 0.917. The summed E-state index contributed by atoms with van der Waals surface area (Å²) in [5, 5.41) is 0. The van der Waals surface area contributed by atoms with Gasteiger partial charge in [0.15, 0.2) is 0 Å². The second kappa shape index (κ2) is 5.50. The average Bonchev–Trinajstić information content (AvgIpc) is 2.50. The van der Waals surface area contributed by atoms with Gasteiger partial charge in [0.1, 0.15) is 0 Å². The van der Waals surface area contributed by atoms with Gasteiger partial charge in [-0.3, -0.25) is 9.69 Å². The Balaban J connectivity index is 2.40. The summed E-state index contributed by atoms with van der Waals surface area (Å²) >= 11 is 0. The van der Waals surface area contributed by atoms with E-state index in [0.29, 0.717) is 18.5 Å². The van der Waals surface area contributed by atoms with Gasteiger partial charge in [0.2, 0.25) is 0 Å². The van der Waals surface area contributed by atoms with Crippen LogP contribution in [0.3, 0.4) is 0 Å². The van der Waals surface area contributed by atoms with Crippen LogP contribution in [0.2, 0.25) is 0 Å². The summed E-state index contributed by atoms with van der Waals surface area (Å²) in [4.78, 5) is 13.8. The molecule has 1 atom stereocenters. The van der Waals surface area contributed by atoms with E-state index in [-0.39, 0.29) is 12.1 Å². The number of carbonyl (C=O) groups excluding carboxylic acids is 1.